The van der Waals surface area contributed by atoms with Crippen molar-refractivity contribution in [1.82, 2.24) is 0 Å². The maximum Gasteiger partial charge on any atom is 0.307 e. The van der Waals surface area contributed by atoms with E-state index in [0.29, 0.717) is 18.1 Å². The van der Waals surface area contributed by atoms with E-state index in [4.69, 9.17) is 30.3 Å². The summed E-state index contributed by atoms with van der Waals surface area (Å²) in [6, 6.07) is 47.8. The zero-order chi connectivity index (χ0) is 45.1. The highest BCUT2D eigenvalue weighted by Gasteiger charge is 2.23. The fraction of sp³-hybridized carbons (Fsp3) is 0.255. The molecule has 0 fully saturated rings. The summed E-state index contributed by atoms with van der Waals surface area (Å²) in [6.07, 6.45) is 7.56. The first-order valence-corrected chi connectivity index (χ1v) is 19.9. The van der Waals surface area contributed by atoms with Gasteiger partial charge in [-0.05, 0) is 67.5 Å². The smallest absolute Gasteiger partial charge is 0.307 e. The van der Waals surface area contributed by atoms with E-state index in [-0.39, 0.29) is 31.0 Å². The number of carbonyl (C=O) groups excluding carboxylic acids is 3. The molecule has 5 N–H and O–H groups in total. The fourth-order valence-electron chi connectivity index (χ4n) is 4.91. The molecule has 10 heteroatoms. The Morgan fingerprint density at radius 3 is 1.51 bits per heavy atom. The number of aliphatic hydroxyl groups is 4. The summed E-state index contributed by atoms with van der Waals surface area (Å²) in [5, 5.41) is 44.1. The summed E-state index contributed by atoms with van der Waals surface area (Å²) < 4.78 is 5.14. The number of allylic oxidation sites excluding steroid dienone is 1. The second-order valence-electron chi connectivity index (χ2n) is 13.6. The minimum absolute atomic E-state index is 0.0776. The topological polar surface area (TPSA) is 179 Å². The van der Waals surface area contributed by atoms with Crippen LogP contribution in [0.1, 0.15) is 60.9 Å². The van der Waals surface area contributed by atoms with Gasteiger partial charge in [0.15, 0.2) is 5.78 Å². The Morgan fingerprint density at radius 2 is 1.10 bits per heavy atom. The molecule has 0 amide bonds. The Hall–Kier alpha value is -6.14. The van der Waals surface area contributed by atoms with Crippen molar-refractivity contribution >= 4 is 36.5 Å². The lowest BCUT2D eigenvalue weighted by molar-refractivity contribution is -0.136. The molecule has 5 aromatic rings. The van der Waals surface area contributed by atoms with Gasteiger partial charge in [0.1, 0.15) is 24.8 Å². The molecule has 0 aliphatic carbocycles. The van der Waals surface area contributed by atoms with Gasteiger partial charge in [-0.3, -0.25) is 9.59 Å². The van der Waals surface area contributed by atoms with Crippen LogP contribution < -0.4 is 0 Å². The maximum absolute atomic E-state index is 11.1. The predicted molar refractivity (Wildman–Crippen MR) is 242 cm³/mol. The lowest BCUT2D eigenvalue weighted by Gasteiger charge is -2.19. The highest BCUT2D eigenvalue weighted by molar-refractivity contribution is 5.91. The summed E-state index contributed by atoms with van der Waals surface area (Å²) in [4.78, 5) is 42.7. The molecule has 324 valence electrons. The van der Waals surface area contributed by atoms with Crippen molar-refractivity contribution in [3.05, 3.63) is 192 Å². The van der Waals surface area contributed by atoms with Crippen molar-refractivity contribution < 1.29 is 49.4 Å². The third-order valence-corrected chi connectivity index (χ3v) is 8.08. The second-order valence-corrected chi connectivity index (χ2v) is 13.6. The van der Waals surface area contributed by atoms with Gasteiger partial charge >= 0.3 is 5.97 Å². The van der Waals surface area contributed by atoms with Crippen molar-refractivity contribution in [1.29, 1.82) is 0 Å². The number of carboxylic acids is 1. The molecule has 0 aliphatic rings. The monoisotopic (exact) mass is 832 g/mol. The Balaban J connectivity index is 0.000000389. The van der Waals surface area contributed by atoms with E-state index in [2.05, 4.69) is 12.1 Å². The number of benzene rings is 5. The molecule has 0 bridgehead atoms. The molecule has 0 heterocycles. The van der Waals surface area contributed by atoms with E-state index in [1.54, 1.807) is 68.5 Å². The molecule has 61 heavy (non-hydrogen) atoms. The molecular formula is C51H60O10. The highest BCUT2D eigenvalue weighted by Crippen LogP contribution is 2.19. The predicted octanol–water partition coefficient (Wildman–Crippen LogP) is 7.59. The van der Waals surface area contributed by atoms with E-state index < -0.39 is 30.7 Å². The molecule has 0 aliphatic heterocycles. The standard InChI is InChI=1S/C13H16O5.C10H14O.C10H12O.C10H10O.C8H8O2/c14-6-11(17)9-18-13(8-16)12(7-15)10-4-2-1-3-5-10;3*1-9(11)7-8-10-5-3-2-4-6-10;9-8(10)6-7-4-2-1-3-5-7/h1-5,7-8,11-14,17H,6,9H2;2-6,9,11H,7-8H2,1H3;2-9,11H,1H3;2-8H,1H3;1-5H,6H2,(H,9,10). The van der Waals surface area contributed by atoms with Gasteiger partial charge in [-0.25, -0.2) is 0 Å². The van der Waals surface area contributed by atoms with Crippen LogP contribution in [0.15, 0.2) is 164 Å². The van der Waals surface area contributed by atoms with Crippen LogP contribution in [0.25, 0.3) is 12.2 Å². The Kier molecular flexibility index (Phi) is 29.2. The molecule has 10 nitrogen and oxygen atoms in total. The van der Waals surface area contributed by atoms with Crippen molar-refractivity contribution in [2.45, 2.75) is 70.4 Å². The second kappa shape index (κ2) is 33.7. The van der Waals surface area contributed by atoms with Crippen molar-refractivity contribution in [2.75, 3.05) is 13.2 Å². The molecule has 0 saturated heterocycles. The fourth-order valence-corrected chi connectivity index (χ4v) is 4.91. The summed E-state index contributed by atoms with van der Waals surface area (Å²) >= 11 is 0. The number of carbonyl (C=O) groups is 4. The molecule has 5 unspecified atom stereocenters. The van der Waals surface area contributed by atoms with Crippen LogP contribution >= 0.6 is 0 Å². The number of aryl methyl sites for hydroxylation is 1. The first-order chi connectivity index (χ1) is 29.4. The molecular weight excluding hydrogens is 773 g/mol. The largest absolute Gasteiger partial charge is 0.481 e. The molecule has 0 radical (unpaired) electrons. The Morgan fingerprint density at radius 1 is 0.639 bits per heavy atom. The van der Waals surface area contributed by atoms with Gasteiger partial charge in [0, 0.05) is 0 Å². The van der Waals surface area contributed by atoms with E-state index >= 15 is 0 Å². The number of ether oxygens (including phenoxy) is 1. The number of rotatable bonds is 17. The molecule has 0 spiro atoms. The van der Waals surface area contributed by atoms with Gasteiger partial charge in [-0.2, -0.15) is 0 Å². The lowest BCUT2D eigenvalue weighted by Crippen LogP contribution is -2.30. The van der Waals surface area contributed by atoms with Crippen molar-refractivity contribution in [3.63, 3.8) is 0 Å². The van der Waals surface area contributed by atoms with Crippen LogP contribution in [-0.4, -0.2) is 87.5 Å². The van der Waals surface area contributed by atoms with Gasteiger partial charge in [0.25, 0.3) is 0 Å². The lowest BCUT2D eigenvalue weighted by atomic mass is 9.95. The average Bonchev–Trinajstić information content (AvgIpc) is 3.28. The maximum atomic E-state index is 11.1. The zero-order valence-corrected chi connectivity index (χ0v) is 35.1. The van der Waals surface area contributed by atoms with Gasteiger partial charge in [-0.1, -0.05) is 170 Å². The quantitative estimate of drug-likeness (QED) is 0.0463. The third-order valence-electron chi connectivity index (χ3n) is 8.08. The normalized spacial score (nSPS) is 12.8. The van der Waals surface area contributed by atoms with Gasteiger partial charge < -0.3 is 39.9 Å². The molecule has 0 aromatic heterocycles. The van der Waals surface area contributed by atoms with Crippen LogP contribution in [0.3, 0.4) is 0 Å². The van der Waals surface area contributed by atoms with Gasteiger partial charge in [-0.15, -0.1) is 0 Å². The molecule has 5 rings (SSSR count). The number of hydrogen-bond acceptors (Lipinski definition) is 9. The third kappa shape index (κ3) is 28.1. The summed E-state index contributed by atoms with van der Waals surface area (Å²) in [5.74, 6) is -1.42. The minimum atomic E-state index is -1.06. The van der Waals surface area contributed by atoms with Crippen LogP contribution in [0.5, 0.6) is 0 Å². The number of aliphatic hydroxyl groups excluding tert-OH is 4. The summed E-state index contributed by atoms with van der Waals surface area (Å²) in [6.45, 7) is 4.45. The van der Waals surface area contributed by atoms with E-state index in [0.717, 1.165) is 29.5 Å². The average molecular weight is 833 g/mol. The number of carboxylic acid groups (broad SMARTS) is 1. The molecule has 5 aromatic carbocycles. The molecule has 0 saturated carbocycles. The summed E-state index contributed by atoms with van der Waals surface area (Å²) in [7, 11) is 0. The Bertz CT molecular complexity index is 1920. The first kappa shape index (κ1) is 52.9. The molecule has 5 atom stereocenters. The van der Waals surface area contributed by atoms with Gasteiger partial charge in [0.2, 0.25) is 0 Å². The zero-order valence-electron chi connectivity index (χ0n) is 35.1. The van der Waals surface area contributed by atoms with E-state index in [1.807, 2.05) is 116 Å². The van der Waals surface area contributed by atoms with E-state index in [1.165, 1.54) is 5.56 Å². The van der Waals surface area contributed by atoms with Crippen LogP contribution in [0.4, 0.5) is 0 Å². The number of aliphatic carboxylic acids is 1. The van der Waals surface area contributed by atoms with Crippen LogP contribution in [0.2, 0.25) is 0 Å². The van der Waals surface area contributed by atoms with Crippen LogP contribution in [0, 0.1) is 0 Å². The SMILES string of the molecule is CC(=O)C=Cc1ccccc1.CC(O)C=Cc1ccccc1.CC(O)CCc1ccccc1.O=C(O)Cc1ccccc1.O=CC(OCC(O)CO)C(C=O)c1ccccc1. The number of ketones is 1. The minimum Gasteiger partial charge on any atom is -0.481 e. The van der Waals surface area contributed by atoms with E-state index in [9.17, 15) is 19.2 Å². The first-order valence-electron chi connectivity index (χ1n) is 19.9. The Labute approximate surface area is 360 Å². The van der Waals surface area contributed by atoms with Crippen molar-refractivity contribution in [3.8, 4) is 0 Å². The van der Waals surface area contributed by atoms with Crippen molar-refractivity contribution in [2.24, 2.45) is 0 Å². The number of hydrogen-bond donors (Lipinski definition) is 5. The van der Waals surface area contributed by atoms with Crippen LogP contribution in [-0.2, 0) is 36.8 Å². The van der Waals surface area contributed by atoms with Gasteiger partial charge in [0.05, 0.1) is 37.8 Å². The number of aldehydes is 2. The summed E-state index contributed by atoms with van der Waals surface area (Å²) in [5.41, 5.74) is 4.99. The highest BCUT2D eigenvalue weighted by atomic mass is 16.5.